The molecule has 7 nitrogen and oxygen atoms in total. The lowest BCUT2D eigenvalue weighted by Crippen LogP contribution is -2.27. The third-order valence-electron chi connectivity index (χ3n) is 4.54. The van der Waals surface area contributed by atoms with Crippen molar-refractivity contribution in [3.8, 4) is 0 Å². The summed E-state index contributed by atoms with van der Waals surface area (Å²) in [6, 6.07) is 12.8. The van der Waals surface area contributed by atoms with Gasteiger partial charge in [-0.1, -0.05) is 41.1 Å². The van der Waals surface area contributed by atoms with Crippen molar-refractivity contribution >= 4 is 49.7 Å². The van der Waals surface area contributed by atoms with Gasteiger partial charge in [-0.3, -0.25) is 14.4 Å². The van der Waals surface area contributed by atoms with E-state index in [1.54, 1.807) is 30.3 Å². The van der Waals surface area contributed by atoms with Crippen molar-refractivity contribution in [2.75, 3.05) is 16.7 Å². The van der Waals surface area contributed by atoms with Gasteiger partial charge in [-0.05, 0) is 43.2 Å². The molecule has 1 aliphatic carbocycles. The van der Waals surface area contributed by atoms with Gasteiger partial charge in [-0.25, -0.2) is 8.42 Å². The van der Waals surface area contributed by atoms with Crippen LogP contribution in [0.5, 0.6) is 0 Å². The van der Waals surface area contributed by atoms with E-state index in [9.17, 15) is 13.2 Å². The van der Waals surface area contributed by atoms with E-state index in [0.29, 0.717) is 16.7 Å². The third-order valence-corrected chi connectivity index (χ3v) is 7.81. The van der Waals surface area contributed by atoms with Crippen LogP contribution in [0.2, 0.25) is 5.02 Å². The highest BCUT2D eigenvalue weighted by molar-refractivity contribution is 7.93. The Hall–Kier alpha value is -2.49. The number of aromatic nitrogens is 2. The zero-order chi connectivity index (χ0) is 20.6. The van der Waals surface area contributed by atoms with Crippen molar-refractivity contribution < 1.29 is 13.2 Å². The Bertz CT molecular complexity index is 1160. The van der Waals surface area contributed by atoms with E-state index < -0.39 is 15.9 Å². The number of hydrogen-bond acceptors (Lipinski definition) is 6. The smallest absolute Gasteiger partial charge is 0.265 e. The van der Waals surface area contributed by atoms with Gasteiger partial charge in [-0.2, -0.15) is 0 Å². The topological polar surface area (TPSA) is 92.3 Å². The first-order chi connectivity index (χ1) is 13.9. The van der Waals surface area contributed by atoms with Crippen molar-refractivity contribution in [2.24, 2.45) is 0 Å². The maximum atomic E-state index is 13.1. The molecule has 0 unspecified atom stereocenters. The van der Waals surface area contributed by atoms with Crippen LogP contribution in [0.3, 0.4) is 0 Å². The fourth-order valence-electron chi connectivity index (χ4n) is 2.72. The SMILES string of the molecule is CN(c1ccccc1)S(=O)(=O)c1cc(C(=O)Nc2nnc(C3CC3)s2)ccc1Cl. The average molecular weight is 449 g/mol. The summed E-state index contributed by atoms with van der Waals surface area (Å²) in [6.45, 7) is 0. The molecule has 1 N–H and O–H groups in total. The quantitative estimate of drug-likeness (QED) is 0.611. The van der Waals surface area contributed by atoms with Gasteiger partial charge in [0.15, 0.2) is 0 Å². The molecule has 0 spiro atoms. The molecular formula is C19H17ClN4O3S2. The molecule has 0 radical (unpaired) electrons. The Kier molecular flexibility index (Phi) is 5.28. The predicted octanol–water partition coefficient (Wildman–Crippen LogP) is 4.15. The number of sulfonamides is 1. The van der Waals surface area contributed by atoms with Crippen LogP contribution < -0.4 is 9.62 Å². The number of halogens is 1. The minimum Gasteiger partial charge on any atom is -0.296 e. The van der Waals surface area contributed by atoms with Crippen LogP contribution in [0.4, 0.5) is 10.8 Å². The Labute approximate surface area is 177 Å². The van der Waals surface area contributed by atoms with Crippen molar-refractivity contribution in [3.63, 3.8) is 0 Å². The maximum Gasteiger partial charge on any atom is 0.265 e. The van der Waals surface area contributed by atoms with Gasteiger partial charge < -0.3 is 0 Å². The van der Waals surface area contributed by atoms with Crippen LogP contribution in [0, 0.1) is 0 Å². The predicted molar refractivity (Wildman–Crippen MR) is 113 cm³/mol. The molecule has 2 aromatic carbocycles. The molecule has 0 atom stereocenters. The monoisotopic (exact) mass is 448 g/mol. The molecule has 29 heavy (non-hydrogen) atoms. The van der Waals surface area contributed by atoms with Crippen LogP contribution in [0.1, 0.15) is 34.1 Å². The molecule has 0 saturated heterocycles. The molecule has 10 heteroatoms. The zero-order valence-electron chi connectivity index (χ0n) is 15.4. The molecule has 1 aliphatic rings. The summed E-state index contributed by atoms with van der Waals surface area (Å²) in [7, 11) is -2.52. The van der Waals surface area contributed by atoms with Crippen molar-refractivity contribution in [3.05, 3.63) is 64.1 Å². The van der Waals surface area contributed by atoms with Crippen LogP contribution >= 0.6 is 22.9 Å². The van der Waals surface area contributed by atoms with Gasteiger partial charge in [-0.15, -0.1) is 10.2 Å². The number of amides is 1. The fraction of sp³-hybridized carbons (Fsp3) is 0.211. The first-order valence-corrected chi connectivity index (χ1v) is 11.5. The van der Waals surface area contributed by atoms with E-state index in [2.05, 4.69) is 15.5 Å². The molecule has 1 saturated carbocycles. The second-order valence-corrected chi connectivity index (χ2v) is 9.98. The van der Waals surface area contributed by atoms with Gasteiger partial charge in [0.1, 0.15) is 9.90 Å². The van der Waals surface area contributed by atoms with E-state index in [-0.39, 0.29) is 15.5 Å². The molecule has 1 fully saturated rings. The van der Waals surface area contributed by atoms with Crippen LogP contribution in [-0.4, -0.2) is 31.6 Å². The van der Waals surface area contributed by atoms with Gasteiger partial charge in [0.25, 0.3) is 15.9 Å². The average Bonchev–Trinajstić information content (AvgIpc) is 3.47. The molecule has 4 rings (SSSR count). The fourth-order valence-corrected chi connectivity index (χ4v) is 5.32. The van der Waals surface area contributed by atoms with Crippen molar-refractivity contribution in [1.82, 2.24) is 10.2 Å². The number of carbonyl (C=O) groups excluding carboxylic acids is 1. The lowest BCUT2D eigenvalue weighted by molar-refractivity contribution is 0.102. The summed E-state index contributed by atoms with van der Waals surface area (Å²) in [4.78, 5) is 12.5. The second-order valence-electron chi connectivity index (χ2n) is 6.63. The van der Waals surface area contributed by atoms with Gasteiger partial charge in [0.05, 0.1) is 10.7 Å². The number of anilines is 2. The number of nitrogens with one attached hydrogen (secondary N) is 1. The molecule has 3 aromatic rings. The number of carbonyl (C=O) groups is 1. The highest BCUT2D eigenvalue weighted by Gasteiger charge is 2.28. The first-order valence-electron chi connectivity index (χ1n) is 8.84. The van der Waals surface area contributed by atoms with Crippen molar-refractivity contribution in [2.45, 2.75) is 23.7 Å². The summed E-state index contributed by atoms with van der Waals surface area (Å²) in [5, 5.41) is 12.1. The minimum absolute atomic E-state index is 0.0382. The third kappa shape index (κ3) is 4.12. The number of hydrogen-bond donors (Lipinski definition) is 1. The Morgan fingerprint density at radius 3 is 2.59 bits per heavy atom. The van der Waals surface area contributed by atoms with E-state index in [0.717, 1.165) is 22.2 Å². The van der Waals surface area contributed by atoms with Crippen LogP contribution in [-0.2, 0) is 10.0 Å². The largest absolute Gasteiger partial charge is 0.296 e. The van der Waals surface area contributed by atoms with Gasteiger partial charge in [0.2, 0.25) is 5.13 Å². The molecule has 150 valence electrons. The lowest BCUT2D eigenvalue weighted by atomic mass is 10.2. The Balaban J connectivity index is 1.60. The maximum absolute atomic E-state index is 13.1. The minimum atomic E-state index is -3.95. The molecule has 1 amide bonds. The van der Waals surface area contributed by atoms with Gasteiger partial charge in [0, 0.05) is 18.5 Å². The number of rotatable bonds is 6. The lowest BCUT2D eigenvalue weighted by Gasteiger charge is -2.20. The molecule has 1 aromatic heterocycles. The highest BCUT2D eigenvalue weighted by Crippen LogP contribution is 2.42. The normalized spacial score (nSPS) is 13.9. The van der Waals surface area contributed by atoms with Gasteiger partial charge >= 0.3 is 0 Å². The zero-order valence-corrected chi connectivity index (χ0v) is 17.8. The number of para-hydroxylation sites is 1. The molecular weight excluding hydrogens is 432 g/mol. The highest BCUT2D eigenvalue weighted by atomic mass is 35.5. The second kappa shape index (κ2) is 7.74. The Morgan fingerprint density at radius 2 is 1.90 bits per heavy atom. The standard InChI is InChI=1S/C19H17ClN4O3S2/c1-24(14-5-3-2-4-6-14)29(26,27)16-11-13(9-10-15(16)20)17(25)21-19-23-22-18(28-19)12-7-8-12/h2-6,9-12H,7-8H2,1H3,(H,21,23,25). The van der Waals surface area contributed by atoms with E-state index in [1.807, 2.05) is 0 Å². The first kappa shape index (κ1) is 19.8. The van der Waals surface area contributed by atoms with E-state index >= 15 is 0 Å². The number of benzene rings is 2. The Morgan fingerprint density at radius 1 is 1.17 bits per heavy atom. The summed E-state index contributed by atoms with van der Waals surface area (Å²) in [6.07, 6.45) is 2.19. The summed E-state index contributed by atoms with van der Waals surface area (Å²) in [5.41, 5.74) is 0.650. The van der Waals surface area contributed by atoms with E-state index in [1.165, 1.54) is 36.6 Å². The molecule has 0 aliphatic heterocycles. The summed E-state index contributed by atoms with van der Waals surface area (Å²) < 4.78 is 27.3. The van der Waals surface area contributed by atoms with Crippen molar-refractivity contribution in [1.29, 1.82) is 0 Å². The number of nitrogens with zero attached hydrogens (tertiary/aromatic N) is 3. The summed E-state index contributed by atoms with van der Waals surface area (Å²) in [5.74, 6) is -0.0297. The summed E-state index contributed by atoms with van der Waals surface area (Å²) >= 11 is 7.50. The van der Waals surface area contributed by atoms with Crippen LogP contribution in [0.15, 0.2) is 53.4 Å². The van der Waals surface area contributed by atoms with E-state index in [4.69, 9.17) is 11.6 Å². The molecule has 0 bridgehead atoms. The molecule has 1 heterocycles. The van der Waals surface area contributed by atoms with Crippen LogP contribution in [0.25, 0.3) is 0 Å².